The first-order valence-corrected chi connectivity index (χ1v) is 5.30. The molecule has 2 aliphatic rings. The van der Waals surface area contributed by atoms with E-state index in [0.29, 0.717) is 6.54 Å². The molecule has 2 heterocycles. The molecule has 3 rings (SSSR count). The Morgan fingerprint density at radius 1 is 1.50 bits per heavy atom. The van der Waals surface area contributed by atoms with E-state index in [-0.39, 0.29) is 11.8 Å². The van der Waals surface area contributed by atoms with E-state index < -0.39 is 11.9 Å². The summed E-state index contributed by atoms with van der Waals surface area (Å²) >= 11 is 0. The summed E-state index contributed by atoms with van der Waals surface area (Å²) in [4.78, 5) is 24.9. The molecule has 0 saturated heterocycles. The largest absolute Gasteiger partial charge is 0.368 e. The molecule has 1 atom stereocenters. The quantitative estimate of drug-likeness (QED) is 0.716. The SMILES string of the molecule is NC(=O)C1c2cn[nH]c2CN1C(=O)C1CC1. The summed E-state index contributed by atoms with van der Waals surface area (Å²) in [6.45, 7) is 0.415. The fraction of sp³-hybridized carbons (Fsp3) is 0.500. The molecular formula is C10H12N4O2. The van der Waals surface area contributed by atoms with Crippen LogP contribution in [0.25, 0.3) is 0 Å². The zero-order chi connectivity index (χ0) is 11.3. The first kappa shape index (κ1) is 9.38. The molecule has 0 bridgehead atoms. The lowest BCUT2D eigenvalue weighted by Crippen LogP contribution is -2.38. The summed E-state index contributed by atoms with van der Waals surface area (Å²) in [6, 6.07) is -0.637. The summed E-state index contributed by atoms with van der Waals surface area (Å²) < 4.78 is 0. The molecule has 6 nitrogen and oxygen atoms in total. The highest BCUT2D eigenvalue weighted by Gasteiger charge is 2.43. The number of amides is 2. The first-order chi connectivity index (χ1) is 7.68. The van der Waals surface area contributed by atoms with Gasteiger partial charge >= 0.3 is 0 Å². The van der Waals surface area contributed by atoms with Gasteiger partial charge in [-0.1, -0.05) is 0 Å². The normalized spacial score (nSPS) is 23.2. The zero-order valence-electron chi connectivity index (χ0n) is 8.64. The molecule has 1 saturated carbocycles. The van der Waals surface area contributed by atoms with Crippen LogP contribution in [-0.2, 0) is 16.1 Å². The van der Waals surface area contributed by atoms with Crippen molar-refractivity contribution in [2.45, 2.75) is 25.4 Å². The van der Waals surface area contributed by atoms with Gasteiger partial charge in [-0.3, -0.25) is 14.7 Å². The number of primary amides is 1. The molecule has 2 amide bonds. The monoisotopic (exact) mass is 220 g/mol. The van der Waals surface area contributed by atoms with Crippen LogP contribution in [0.3, 0.4) is 0 Å². The predicted octanol–water partition coefficient (Wildman–Crippen LogP) is -0.312. The number of aromatic amines is 1. The average molecular weight is 220 g/mol. The van der Waals surface area contributed by atoms with Crippen molar-refractivity contribution in [1.82, 2.24) is 15.1 Å². The molecule has 84 valence electrons. The Labute approximate surface area is 91.8 Å². The summed E-state index contributed by atoms with van der Waals surface area (Å²) in [6.07, 6.45) is 3.42. The van der Waals surface area contributed by atoms with Crippen LogP contribution in [0.1, 0.15) is 30.1 Å². The van der Waals surface area contributed by atoms with Crippen LogP contribution >= 0.6 is 0 Å². The Hall–Kier alpha value is -1.85. The molecule has 1 unspecified atom stereocenters. The third-order valence-corrected chi connectivity index (χ3v) is 3.17. The van der Waals surface area contributed by atoms with Crippen molar-refractivity contribution in [2.75, 3.05) is 0 Å². The fourth-order valence-corrected chi connectivity index (χ4v) is 2.19. The van der Waals surface area contributed by atoms with Crippen molar-refractivity contribution in [2.24, 2.45) is 11.7 Å². The summed E-state index contributed by atoms with van der Waals surface area (Å²) in [5.74, 6) is -0.360. The van der Waals surface area contributed by atoms with Gasteiger partial charge < -0.3 is 10.6 Å². The van der Waals surface area contributed by atoms with Crippen LogP contribution in [0.5, 0.6) is 0 Å². The van der Waals surface area contributed by atoms with Crippen molar-refractivity contribution in [3.05, 3.63) is 17.5 Å². The highest BCUT2D eigenvalue weighted by molar-refractivity contribution is 5.90. The van der Waals surface area contributed by atoms with E-state index in [1.54, 1.807) is 11.1 Å². The van der Waals surface area contributed by atoms with Crippen molar-refractivity contribution < 1.29 is 9.59 Å². The molecular weight excluding hydrogens is 208 g/mol. The number of nitrogens with two attached hydrogens (primary N) is 1. The molecule has 0 aromatic carbocycles. The standard InChI is InChI=1S/C10H12N4O2/c11-9(15)8-6-3-12-13-7(6)4-14(8)10(16)5-1-2-5/h3,5,8H,1-2,4H2,(H2,11,15)(H,12,13). The van der Waals surface area contributed by atoms with Gasteiger partial charge in [-0.2, -0.15) is 5.10 Å². The first-order valence-electron chi connectivity index (χ1n) is 5.30. The van der Waals surface area contributed by atoms with Crippen LogP contribution in [0.15, 0.2) is 6.20 Å². The van der Waals surface area contributed by atoms with Gasteiger partial charge in [-0.15, -0.1) is 0 Å². The van der Waals surface area contributed by atoms with Crippen LogP contribution in [0, 0.1) is 5.92 Å². The fourth-order valence-electron chi connectivity index (χ4n) is 2.19. The predicted molar refractivity (Wildman–Crippen MR) is 53.8 cm³/mol. The highest BCUT2D eigenvalue weighted by Crippen LogP contribution is 2.38. The number of nitrogens with one attached hydrogen (secondary N) is 1. The summed E-state index contributed by atoms with van der Waals surface area (Å²) in [7, 11) is 0. The number of carbonyl (C=O) groups is 2. The minimum Gasteiger partial charge on any atom is -0.368 e. The molecule has 1 aliphatic carbocycles. The molecule has 1 aromatic heterocycles. The van der Waals surface area contributed by atoms with Crippen LogP contribution in [0.4, 0.5) is 0 Å². The van der Waals surface area contributed by atoms with E-state index in [9.17, 15) is 9.59 Å². The number of carbonyl (C=O) groups excluding carboxylic acids is 2. The third-order valence-electron chi connectivity index (χ3n) is 3.17. The average Bonchev–Trinajstić information content (AvgIpc) is 2.86. The Morgan fingerprint density at radius 2 is 2.25 bits per heavy atom. The third kappa shape index (κ3) is 1.22. The van der Waals surface area contributed by atoms with Gasteiger partial charge in [-0.25, -0.2) is 0 Å². The van der Waals surface area contributed by atoms with E-state index in [1.807, 2.05) is 0 Å². The highest BCUT2D eigenvalue weighted by atomic mass is 16.2. The number of rotatable bonds is 2. The lowest BCUT2D eigenvalue weighted by Gasteiger charge is -2.22. The maximum atomic E-state index is 12.0. The topological polar surface area (TPSA) is 92.1 Å². The molecule has 1 aliphatic heterocycles. The minimum absolute atomic E-state index is 0.0356. The second kappa shape index (κ2) is 3.07. The molecule has 6 heteroatoms. The van der Waals surface area contributed by atoms with E-state index in [1.165, 1.54) is 0 Å². The van der Waals surface area contributed by atoms with Crippen molar-refractivity contribution in [1.29, 1.82) is 0 Å². The number of hydrogen-bond acceptors (Lipinski definition) is 3. The van der Waals surface area contributed by atoms with Gasteiger partial charge in [0.15, 0.2) is 0 Å². The lowest BCUT2D eigenvalue weighted by molar-refractivity contribution is -0.140. The van der Waals surface area contributed by atoms with Gasteiger partial charge in [0.25, 0.3) is 0 Å². The Balaban J connectivity index is 1.93. The molecule has 1 fully saturated rings. The van der Waals surface area contributed by atoms with Crippen LogP contribution in [0.2, 0.25) is 0 Å². The number of hydrogen-bond donors (Lipinski definition) is 2. The smallest absolute Gasteiger partial charge is 0.245 e. The Kier molecular flexibility index (Phi) is 1.80. The second-order valence-electron chi connectivity index (χ2n) is 4.35. The number of aromatic nitrogens is 2. The van der Waals surface area contributed by atoms with E-state index >= 15 is 0 Å². The summed E-state index contributed by atoms with van der Waals surface area (Å²) in [5, 5.41) is 6.65. The van der Waals surface area contributed by atoms with Crippen molar-refractivity contribution in [3.8, 4) is 0 Å². The number of fused-ring (bicyclic) bond motifs is 1. The molecule has 1 aromatic rings. The van der Waals surface area contributed by atoms with Crippen LogP contribution < -0.4 is 5.73 Å². The molecule has 16 heavy (non-hydrogen) atoms. The molecule has 0 spiro atoms. The van der Waals surface area contributed by atoms with Gasteiger partial charge in [0, 0.05) is 11.5 Å². The van der Waals surface area contributed by atoms with Crippen LogP contribution in [-0.4, -0.2) is 26.9 Å². The summed E-state index contributed by atoms with van der Waals surface area (Å²) in [5.41, 5.74) is 6.90. The molecule has 3 N–H and O–H groups in total. The second-order valence-corrected chi connectivity index (χ2v) is 4.35. The van der Waals surface area contributed by atoms with E-state index in [0.717, 1.165) is 24.1 Å². The Bertz CT molecular complexity index is 463. The van der Waals surface area contributed by atoms with Gasteiger partial charge in [0.1, 0.15) is 6.04 Å². The molecule has 0 radical (unpaired) electrons. The lowest BCUT2D eigenvalue weighted by atomic mass is 10.1. The zero-order valence-corrected chi connectivity index (χ0v) is 8.64. The number of H-pyrrole nitrogens is 1. The van der Waals surface area contributed by atoms with Crippen molar-refractivity contribution in [3.63, 3.8) is 0 Å². The maximum absolute atomic E-state index is 12.0. The van der Waals surface area contributed by atoms with Gasteiger partial charge in [0.2, 0.25) is 11.8 Å². The number of nitrogens with zero attached hydrogens (tertiary/aromatic N) is 2. The van der Waals surface area contributed by atoms with Crippen molar-refractivity contribution >= 4 is 11.8 Å². The maximum Gasteiger partial charge on any atom is 0.245 e. The van der Waals surface area contributed by atoms with Gasteiger partial charge in [0.05, 0.1) is 18.4 Å². The Morgan fingerprint density at radius 3 is 2.88 bits per heavy atom. The van der Waals surface area contributed by atoms with E-state index in [2.05, 4.69) is 10.2 Å². The minimum atomic E-state index is -0.637. The van der Waals surface area contributed by atoms with Gasteiger partial charge in [-0.05, 0) is 12.8 Å². The van der Waals surface area contributed by atoms with E-state index in [4.69, 9.17) is 5.73 Å².